The molecule has 2 rings (SSSR count). The average molecular weight is 747 g/mol. The minimum atomic E-state index is -3.80. The molecule has 0 saturated carbocycles. The Kier molecular flexibility index (Phi) is 16.1. The summed E-state index contributed by atoms with van der Waals surface area (Å²) in [5.74, 6) is -3.06. The van der Waals surface area contributed by atoms with Crippen molar-refractivity contribution in [1.82, 2.24) is 26.6 Å². The van der Waals surface area contributed by atoms with Crippen molar-refractivity contribution in [2.24, 2.45) is 11.8 Å². The van der Waals surface area contributed by atoms with Crippen LogP contribution in [0.5, 0.6) is 0 Å². The highest BCUT2D eigenvalue weighted by Gasteiger charge is 2.33. The van der Waals surface area contributed by atoms with Gasteiger partial charge < -0.3 is 36.8 Å². The van der Waals surface area contributed by atoms with Crippen LogP contribution in [0.1, 0.15) is 93.6 Å². The number of hydrogen-bond donors (Lipinski definition) is 7. The fourth-order valence-corrected chi connectivity index (χ4v) is 5.86. The Hall–Kier alpha value is -4.70. The SMILES string of the molecule is CC(C)CC(NC(=O)c1cc(C(=O)NC(C)c2ccccc2)cc(N(C)S(C)(=O)=O)c1)C(O)CC(NC(=O)O)C(=O)NC(C(=O)NC(C)C)C(C)C. The summed E-state index contributed by atoms with van der Waals surface area (Å²) >= 11 is 0. The number of aliphatic hydroxyl groups excluding tert-OH is 1. The number of nitrogens with one attached hydrogen (secondary N) is 5. The number of carbonyl (C=O) groups excluding carboxylic acids is 4. The zero-order valence-electron chi connectivity index (χ0n) is 31.3. The van der Waals surface area contributed by atoms with E-state index >= 15 is 0 Å². The second-order valence-electron chi connectivity index (χ2n) is 14.0. The summed E-state index contributed by atoms with van der Waals surface area (Å²) in [6.45, 7) is 12.4. The van der Waals surface area contributed by atoms with Crippen LogP contribution in [0.4, 0.5) is 10.5 Å². The molecule has 0 aliphatic heterocycles. The zero-order valence-corrected chi connectivity index (χ0v) is 32.1. The van der Waals surface area contributed by atoms with Crippen LogP contribution in [0.3, 0.4) is 0 Å². The first-order chi connectivity index (χ1) is 24.1. The highest BCUT2D eigenvalue weighted by atomic mass is 32.2. The van der Waals surface area contributed by atoms with Gasteiger partial charge in [-0.05, 0) is 62.8 Å². The van der Waals surface area contributed by atoms with Gasteiger partial charge in [0.25, 0.3) is 11.8 Å². The summed E-state index contributed by atoms with van der Waals surface area (Å²) in [6, 6.07) is 8.97. The van der Waals surface area contributed by atoms with Crippen molar-refractivity contribution < 1.29 is 42.6 Å². The fraction of sp³-hybridized carbons (Fsp3) is 0.528. The molecule has 5 amide bonds. The highest BCUT2D eigenvalue weighted by Crippen LogP contribution is 2.23. The zero-order chi connectivity index (χ0) is 39.5. The first-order valence-electron chi connectivity index (χ1n) is 17.1. The van der Waals surface area contributed by atoms with Crippen LogP contribution in [-0.4, -0.2) is 91.9 Å². The molecular weight excluding hydrogens is 692 g/mol. The molecule has 0 aliphatic carbocycles. The third kappa shape index (κ3) is 13.5. The second-order valence-corrected chi connectivity index (χ2v) is 16.0. The molecule has 0 heterocycles. The molecule has 15 nitrogen and oxygen atoms in total. The normalized spacial score (nSPS) is 14.5. The van der Waals surface area contributed by atoms with Crippen molar-refractivity contribution in [1.29, 1.82) is 0 Å². The van der Waals surface area contributed by atoms with E-state index < -0.39 is 76.4 Å². The van der Waals surface area contributed by atoms with Crippen LogP contribution >= 0.6 is 0 Å². The number of aliphatic hydroxyl groups is 1. The summed E-state index contributed by atoms with van der Waals surface area (Å²) in [6.07, 6.45) is -2.29. The monoisotopic (exact) mass is 746 g/mol. The molecule has 52 heavy (non-hydrogen) atoms. The van der Waals surface area contributed by atoms with E-state index in [-0.39, 0.29) is 41.1 Å². The van der Waals surface area contributed by atoms with Crippen molar-refractivity contribution in [2.75, 3.05) is 17.6 Å². The summed E-state index contributed by atoms with van der Waals surface area (Å²) in [5, 5.41) is 33.9. The number of nitrogens with zero attached hydrogens (tertiary/aromatic N) is 1. The Morgan fingerprint density at radius 1 is 0.750 bits per heavy atom. The van der Waals surface area contributed by atoms with E-state index in [9.17, 15) is 42.6 Å². The fourth-order valence-electron chi connectivity index (χ4n) is 5.37. The maximum absolute atomic E-state index is 13.8. The Morgan fingerprint density at radius 2 is 1.31 bits per heavy atom. The van der Waals surface area contributed by atoms with Gasteiger partial charge in [-0.3, -0.25) is 23.5 Å². The lowest BCUT2D eigenvalue weighted by Crippen LogP contribution is -2.57. The second kappa shape index (κ2) is 19.2. The van der Waals surface area contributed by atoms with Gasteiger partial charge >= 0.3 is 6.09 Å². The Balaban J connectivity index is 2.43. The predicted molar refractivity (Wildman–Crippen MR) is 198 cm³/mol. The Labute approximate surface area is 306 Å². The molecule has 5 atom stereocenters. The number of carboxylic acid groups (broad SMARTS) is 1. The molecule has 16 heteroatoms. The van der Waals surface area contributed by atoms with Crippen LogP contribution in [0, 0.1) is 11.8 Å². The van der Waals surface area contributed by atoms with Gasteiger partial charge in [0.2, 0.25) is 21.8 Å². The molecule has 5 unspecified atom stereocenters. The largest absolute Gasteiger partial charge is 0.465 e. The molecule has 7 N–H and O–H groups in total. The van der Waals surface area contributed by atoms with Crippen molar-refractivity contribution in [2.45, 2.75) is 97.6 Å². The van der Waals surface area contributed by atoms with E-state index in [0.29, 0.717) is 0 Å². The maximum atomic E-state index is 13.8. The van der Waals surface area contributed by atoms with E-state index in [4.69, 9.17) is 0 Å². The number of rotatable bonds is 18. The summed E-state index contributed by atoms with van der Waals surface area (Å²) < 4.78 is 25.8. The summed E-state index contributed by atoms with van der Waals surface area (Å²) in [5.41, 5.74) is 0.787. The smallest absolute Gasteiger partial charge is 0.405 e. The van der Waals surface area contributed by atoms with Gasteiger partial charge in [0.05, 0.1) is 30.1 Å². The Bertz CT molecular complexity index is 1670. The number of anilines is 1. The molecule has 2 aromatic rings. The van der Waals surface area contributed by atoms with E-state index in [1.807, 2.05) is 44.2 Å². The molecule has 0 saturated heterocycles. The number of carbonyl (C=O) groups is 5. The van der Waals surface area contributed by atoms with Crippen molar-refractivity contribution in [3.05, 3.63) is 65.2 Å². The van der Waals surface area contributed by atoms with E-state index in [1.54, 1.807) is 34.6 Å². The highest BCUT2D eigenvalue weighted by molar-refractivity contribution is 7.92. The molecule has 0 bridgehead atoms. The van der Waals surface area contributed by atoms with Gasteiger partial charge in [-0.15, -0.1) is 0 Å². The average Bonchev–Trinajstić information content (AvgIpc) is 3.04. The van der Waals surface area contributed by atoms with Gasteiger partial charge in [0.1, 0.15) is 12.1 Å². The van der Waals surface area contributed by atoms with E-state index in [2.05, 4.69) is 26.6 Å². The van der Waals surface area contributed by atoms with Crippen molar-refractivity contribution in [3.8, 4) is 0 Å². The third-order valence-corrected chi connectivity index (χ3v) is 9.43. The van der Waals surface area contributed by atoms with Crippen LogP contribution in [-0.2, 0) is 19.6 Å². The summed E-state index contributed by atoms with van der Waals surface area (Å²) in [7, 11) is -2.52. The molecule has 2 aromatic carbocycles. The minimum Gasteiger partial charge on any atom is -0.465 e. The number of sulfonamides is 1. The molecule has 0 radical (unpaired) electrons. The first kappa shape index (κ1) is 43.5. The molecule has 0 spiro atoms. The van der Waals surface area contributed by atoms with Crippen molar-refractivity contribution in [3.63, 3.8) is 0 Å². The van der Waals surface area contributed by atoms with E-state index in [0.717, 1.165) is 16.1 Å². The standard InChI is InChI=1S/C36H54N6O9S/c1-20(2)15-28(30(43)19-29(40-36(48)49)34(46)41-31(21(3)4)35(47)37-22(5)6)39-33(45)26-16-25(17-27(18-26)42(8)52(9,50)51)32(44)38-23(7)24-13-11-10-12-14-24/h10-14,16-18,20-23,28-31,40,43H,15,19H2,1-9H3,(H,37,47)(H,38,44)(H,39,45)(H,41,46)(H,48,49). The molecule has 0 fully saturated rings. The molecular formula is C36H54N6O9S. The number of hydrogen-bond acceptors (Lipinski definition) is 8. The van der Waals surface area contributed by atoms with Gasteiger partial charge in [-0.2, -0.15) is 0 Å². The topological polar surface area (TPSA) is 223 Å². The molecule has 0 aliphatic rings. The molecule has 0 aromatic heterocycles. The Morgan fingerprint density at radius 3 is 1.79 bits per heavy atom. The van der Waals surface area contributed by atoms with Gasteiger partial charge in [0, 0.05) is 30.6 Å². The lowest BCUT2D eigenvalue weighted by atomic mass is 9.93. The molecule has 288 valence electrons. The number of benzene rings is 2. The minimum absolute atomic E-state index is 0.00509. The van der Waals surface area contributed by atoms with Gasteiger partial charge in [-0.25, -0.2) is 13.2 Å². The van der Waals surface area contributed by atoms with Crippen LogP contribution in [0.25, 0.3) is 0 Å². The van der Waals surface area contributed by atoms with Gasteiger partial charge in [0.15, 0.2) is 0 Å². The first-order valence-corrected chi connectivity index (χ1v) is 19.0. The van der Waals surface area contributed by atoms with Crippen LogP contribution in [0.15, 0.2) is 48.5 Å². The van der Waals surface area contributed by atoms with E-state index in [1.165, 1.54) is 25.2 Å². The van der Waals surface area contributed by atoms with Crippen LogP contribution < -0.4 is 30.9 Å². The predicted octanol–water partition coefficient (Wildman–Crippen LogP) is 2.77. The van der Waals surface area contributed by atoms with Crippen LogP contribution in [0.2, 0.25) is 0 Å². The third-order valence-electron chi connectivity index (χ3n) is 8.23. The lowest BCUT2D eigenvalue weighted by Gasteiger charge is -2.30. The lowest BCUT2D eigenvalue weighted by molar-refractivity contribution is -0.131. The maximum Gasteiger partial charge on any atom is 0.405 e. The van der Waals surface area contributed by atoms with Gasteiger partial charge in [-0.1, -0.05) is 58.0 Å². The summed E-state index contributed by atoms with van der Waals surface area (Å²) in [4.78, 5) is 65.0. The quantitative estimate of drug-likeness (QED) is 0.119. The number of amides is 5. The van der Waals surface area contributed by atoms with Crippen molar-refractivity contribution >= 4 is 45.4 Å².